The highest BCUT2D eigenvalue weighted by atomic mass is 127. The van der Waals surface area contributed by atoms with Crippen LogP contribution in [-0.4, -0.2) is 25.9 Å². The highest BCUT2D eigenvalue weighted by molar-refractivity contribution is 14.0. The summed E-state index contributed by atoms with van der Waals surface area (Å²) in [6, 6.07) is 12.9. The molecule has 3 aromatic rings. The standard InChI is InChI=1S/C18H21N5O3S2.HI/c1-2-20-18(22-11-15-8-9-16(27-15)28(19,24)25)21-10-14-12-26-17(23-14)13-6-4-3-5-7-13;/h3-9,12H,2,10-11H2,1H3,(H2,19,24,25)(H2,20,21,22);1H. The van der Waals surface area contributed by atoms with Crippen LogP contribution in [0.25, 0.3) is 11.5 Å². The second-order valence-corrected chi connectivity index (χ2v) is 8.78. The largest absolute Gasteiger partial charge is 0.444 e. The summed E-state index contributed by atoms with van der Waals surface area (Å²) < 4.78 is 28.4. The molecule has 0 atom stereocenters. The Bertz CT molecular complexity index is 1050. The minimum atomic E-state index is -3.67. The van der Waals surface area contributed by atoms with Gasteiger partial charge < -0.3 is 15.1 Å². The zero-order valence-corrected chi connectivity index (χ0v) is 19.6. The molecule has 0 aliphatic carbocycles. The van der Waals surface area contributed by atoms with Gasteiger partial charge in [0.25, 0.3) is 0 Å². The van der Waals surface area contributed by atoms with Gasteiger partial charge in [-0.15, -0.1) is 35.3 Å². The molecule has 29 heavy (non-hydrogen) atoms. The van der Waals surface area contributed by atoms with Crippen molar-refractivity contribution in [1.82, 2.24) is 15.6 Å². The smallest absolute Gasteiger partial charge is 0.247 e. The number of sulfonamides is 1. The van der Waals surface area contributed by atoms with Crippen molar-refractivity contribution in [3.05, 3.63) is 59.3 Å². The molecule has 0 saturated carbocycles. The van der Waals surface area contributed by atoms with E-state index in [0.29, 0.717) is 37.2 Å². The van der Waals surface area contributed by atoms with Crippen molar-refractivity contribution in [2.24, 2.45) is 10.1 Å². The second kappa shape index (κ2) is 10.7. The SMILES string of the molecule is CCNC(=NCc1coc(-c2ccccc2)n1)NCc1ccc(S(N)(=O)=O)s1.I. The molecule has 11 heteroatoms. The molecule has 0 aliphatic heterocycles. The van der Waals surface area contributed by atoms with Crippen LogP contribution in [0.3, 0.4) is 0 Å². The van der Waals surface area contributed by atoms with E-state index < -0.39 is 10.0 Å². The van der Waals surface area contributed by atoms with E-state index in [-0.39, 0.29) is 28.2 Å². The summed E-state index contributed by atoms with van der Waals surface area (Å²) in [5.74, 6) is 1.15. The average molecular weight is 547 g/mol. The number of nitrogens with zero attached hydrogens (tertiary/aromatic N) is 2. The van der Waals surface area contributed by atoms with Gasteiger partial charge in [-0.1, -0.05) is 18.2 Å². The number of guanidine groups is 1. The van der Waals surface area contributed by atoms with Gasteiger partial charge in [0.15, 0.2) is 5.96 Å². The van der Waals surface area contributed by atoms with Crippen LogP contribution in [0.2, 0.25) is 0 Å². The number of aromatic nitrogens is 1. The second-order valence-electron chi connectivity index (χ2n) is 5.82. The normalized spacial score (nSPS) is 11.7. The van der Waals surface area contributed by atoms with Crippen molar-refractivity contribution in [3.63, 3.8) is 0 Å². The monoisotopic (exact) mass is 547 g/mol. The predicted molar refractivity (Wildman–Crippen MR) is 125 cm³/mol. The Labute approximate surface area is 190 Å². The van der Waals surface area contributed by atoms with Crippen molar-refractivity contribution in [1.29, 1.82) is 0 Å². The predicted octanol–water partition coefficient (Wildman–Crippen LogP) is 2.92. The Morgan fingerprint density at radius 2 is 1.97 bits per heavy atom. The molecule has 0 spiro atoms. The van der Waals surface area contributed by atoms with Gasteiger partial charge in [0.1, 0.15) is 16.2 Å². The summed E-state index contributed by atoms with van der Waals surface area (Å²) in [4.78, 5) is 9.78. The number of benzene rings is 1. The van der Waals surface area contributed by atoms with Crippen molar-refractivity contribution < 1.29 is 12.8 Å². The number of primary sulfonamides is 1. The highest BCUT2D eigenvalue weighted by Crippen LogP contribution is 2.20. The molecule has 1 aromatic carbocycles. The summed E-state index contributed by atoms with van der Waals surface area (Å²) in [5.41, 5.74) is 1.62. The lowest BCUT2D eigenvalue weighted by Gasteiger charge is -2.09. The van der Waals surface area contributed by atoms with Gasteiger partial charge >= 0.3 is 0 Å². The number of rotatable bonds is 7. The zero-order chi connectivity index (χ0) is 20.0. The molecule has 0 unspecified atom stereocenters. The average Bonchev–Trinajstić information content (AvgIpc) is 3.34. The summed E-state index contributed by atoms with van der Waals surface area (Å²) >= 11 is 1.13. The first-order valence-corrected chi connectivity index (χ1v) is 11.0. The number of aliphatic imine (C=N–C) groups is 1. The molecule has 4 N–H and O–H groups in total. The minimum absolute atomic E-state index is 0. The van der Waals surface area contributed by atoms with Crippen LogP contribution >= 0.6 is 35.3 Å². The summed E-state index contributed by atoms with van der Waals surface area (Å²) in [6.07, 6.45) is 1.59. The van der Waals surface area contributed by atoms with Crippen LogP contribution in [-0.2, 0) is 23.1 Å². The molecule has 0 aliphatic rings. The highest BCUT2D eigenvalue weighted by Gasteiger charge is 2.11. The number of nitrogens with one attached hydrogen (secondary N) is 2. The van der Waals surface area contributed by atoms with Gasteiger partial charge in [-0.25, -0.2) is 23.5 Å². The van der Waals surface area contributed by atoms with Gasteiger partial charge in [0, 0.05) is 17.0 Å². The van der Waals surface area contributed by atoms with E-state index in [4.69, 9.17) is 9.56 Å². The van der Waals surface area contributed by atoms with Gasteiger partial charge in [0.2, 0.25) is 15.9 Å². The van der Waals surface area contributed by atoms with E-state index in [2.05, 4.69) is 20.6 Å². The lowest BCUT2D eigenvalue weighted by atomic mass is 10.2. The van der Waals surface area contributed by atoms with Crippen LogP contribution in [0.4, 0.5) is 0 Å². The third-order valence-corrected chi connectivity index (χ3v) is 6.19. The number of oxazole rings is 1. The van der Waals surface area contributed by atoms with Crippen molar-refractivity contribution in [2.45, 2.75) is 24.2 Å². The van der Waals surface area contributed by atoms with Gasteiger partial charge in [0.05, 0.1) is 13.1 Å². The van der Waals surface area contributed by atoms with Crippen LogP contribution in [0.5, 0.6) is 0 Å². The van der Waals surface area contributed by atoms with Crippen LogP contribution in [0.1, 0.15) is 17.5 Å². The third kappa shape index (κ3) is 6.80. The molecule has 0 saturated heterocycles. The van der Waals surface area contributed by atoms with Gasteiger partial charge in [-0.3, -0.25) is 0 Å². The molecule has 0 amide bonds. The van der Waals surface area contributed by atoms with Crippen molar-refractivity contribution in [3.8, 4) is 11.5 Å². The maximum atomic E-state index is 11.4. The van der Waals surface area contributed by atoms with Crippen LogP contribution in [0.15, 0.2) is 62.3 Å². The van der Waals surface area contributed by atoms with Crippen molar-refractivity contribution in [2.75, 3.05) is 6.54 Å². The van der Waals surface area contributed by atoms with Gasteiger partial charge in [-0.05, 0) is 31.2 Å². The molecule has 0 bridgehead atoms. The molecule has 2 aromatic heterocycles. The molecular weight excluding hydrogens is 525 g/mol. The van der Waals surface area contributed by atoms with E-state index in [9.17, 15) is 8.42 Å². The zero-order valence-electron chi connectivity index (χ0n) is 15.7. The third-order valence-electron chi connectivity index (χ3n) is 3.66. The molecule has 3 rings (SSSR count). The topological polar surface area (TPSA) is 123 Å². The first-order chi connectivity index (χ1) is 13.5. The Kier molecular flexibility index (Phi) is 8.61. The van der Waals surface area contributed by atoms with Gasteiger partial charge in [-0.2, -0.15) is 0 Å². The molecular formula is C18H22IN5O3S2. The number of hydrogen-bond acceptors (Lipinski definition) is 6. The first kappa shape index (κ1) is 23.3. The first-order valence-electron chi connectivity index (χ1n) is 8.59. The van der Waals surface area contributed by atoms with E-state index in [1.807, 2.05) is 37.3 Å². The lowest BCUT2D eigenvalue weighted by molar-refractivity contribution is 0.572. The molecule has 0 radical (unpaired) electrons. The van der Waals surface area contributed by atoms with E-state index in [1.165, 1.54) is 6.07 Å². The fourth-order valence-corrected chi connectivity index (χ4v) is 4.09. The molecule has 156 valence electrons. The molecule has 0 fully saturated rings. The lowest BCUT2D eigenvalue weighted by Crippen LogP contribution is -2.36. The number of thiophene rings is 1. The fourth-order valence-electron chi connectivity index (χ4n) is 2.37. The quantitative estimate of drug-likeness (QED) is 0.238. The number of halogens is 1. The summed E-state index contributed by atoms with van der Waals surface area (Å²) in [5, 5.41) is 11.4. The summed E-state index contributed by atoms with van der Waals surface area (Å²) in [7, 11) is -3.67. The molecule has 8 nitrogen and oxygen atoms in total. The minimum Gasteiger partial charge on any atom is -0.444 e. The van der Waals surface area contributed by atoms with E-state index in [0.717, 1.165) is 21.8 Å². The van der Waals surface area contributed by atoms with E-state index in [1.54, 1.807) is 12.3 Å². The molecule has 2 heterocycles. The maximum Gasteiger partial charge on any atom is 0.247 e. The maximum absolute atomic E-state index is 11.4. The number of hydrogen-bond donors (Lipinski definition) is 3. The number of nitrogens with two attached hydrogens (primary N) is 1. The Hall–Kier alpha value is -1.96. The van der Waals surface area contributed by atoms with Crippen molar-refractivity contribution >= 4 is 51.3 Å². The van der Waals surface area contributed by atoms with E-state index >= 15 is 0 Å². The Morgan fingerprint density at radius 3 is 2.62 bits per heavy atom. The van der Waals surface area contributed by atoms with Crippen LogP contribution in [0, 0.1) is 0 Å². The Morgan fingerprint density at radius 1 is 1.21 bits per heavy atom. The fraction of sp³-hybridized carbons (Fsp3) is 0.222. The Balaban J connectivity index is 0.00000300. The van der Waals surface area contributed by atoms with Crippen LogP contribution < -0.4 is 15.8 Å². The summed E-state index contributed by atoms with van der Waals surface area (Å²) in [6.45, 7) is 3.43.